The van der Waals surface area contributed by atoms with Gasteiger partial charge in [0.05, 0.1) is 11.4 Å². The van der Waals surface area contributed by atoms with Crippen LogP contribution in [-0.2, 0) is 0 Å². The molecule has 8 N–H and O–H groups in total. The molecule has 0 aliphatic carbocycles. The smallest absolute Gasteiger partial charge is 0.131 e. The van der Waals surface area contributed by atoms with Gasteiger partial charge < -0.3 is 22.9 Å². The van der Waals surface area contributed by atoms with E-state index in [4.69, 9.17) is 22.9 Å². The van der Waals surface area contributed by atoms with Crippen molar-refractivity contribution in [3.05, 3.63) is 95.1 Å². The van der Waals surface area contributed by atoms with E-state index in [1.165, 1.54) is 0 Å². The van der Waals surface area contributed by atoms with E-state index in [1.807, 2.05) is 72.8 Å². The molecule has 0 aromatic heterocycles. The van der Waals surface area contributed by atoms with Crippen LogP contribution in [0.15, 0.2) is 92.8 Å². The largest absolute Gasteiger partial charge is 0.384 e. The van der Waals surface area contributed by atoms with E-state index >= 15 is 0 Å². The third-order valence-corrected chi connectivity index (χ3v) is 4.78. The summed E-state index contributed by atoms with van der Waals surface area (Å²) in [6.45, 7) is 0. The van der Waals surface area contributed by atoms with Gasteiger partial charge in [-0.25, -0.2) is 9.98 Å². The summed E-state index contributed by atoms with van der Waals surface area (Å²) in [6, 6.07) is 22.2. The van der Waals surface area contributed by atoms with Crippen molar-refractivity contribution in [2.45, 2.75) is 0 Å². The van der Waals surface area contributed by atoms with E-state index in [0.29, 0.717) is 29.0 Å². The number of rotatable bonds is 6. The molecule has 0 heterocycles. The monoisotopic (exact) mass is 462 g/mol. The molecule has 0 amide bonds. The molecule has 0 spiro atoms. The molecule has 0 unspecified atom stereocenters. The Kier molecular flexibility index (Phi) is 8.71. The summed E-state index contributed by atoms with van der Waals surface area (Å²) in [5, 5.41) is 0. The lowest BCUT2D eigenvalue weighted by molar-refractivity contribution is 1.38. The fraction of sp³-hybridized carbons (Fsp3) is 0.0833. The number of aliphatic imine (C=N–C) groups is 4. The third kappa shape index (κ3) is 6.41. The average molecular weight is 463 g/mol. The average Bonchev–Trinajstić information content (AvgIpc) is 2.84. The summed E-state index contributed by atoms with van der Waals surface area (Å²) < 4.78 is 0. The number of nitrogens with two attached hydrogens (primary N) is 4. The highest BCUT2D eigenvalue weighted by Gasteiger charge is 2.04. The topological polar surface area (TPSA) is 154 Å². The molecular weight excluding hydrogens is 436 g/mol. The van der Waals surface area contributed by atoms with Crippen molar-refractivity contribution in [3.8, 4) is 0 Å². The number of nitrogens with zero attached hydrogens (tertiary/aromatic N) is 4. The Morgan fingerprint density at radius 1 is 0.455 bits per heavy atom. The van der Waals surface area contributed by atoms with Crippen LogP contribution in [0.3, 0.4) is 0 Å². The first-order chi connectivity index (χ1) is 15.4. The van der Waals surface area contributed by atoms with Crippen LogP contribution in [0.1, 0.15) is 22.3 Å². The standard InChI is InChI=1S/C24H26N8.ClH/c1-29-21(25)15-3-5-17(6-4-15)23(27)31-20-13-9-18(10-14-20)24(28)32-19-11-7-16(8-12-19)22(26)30-2;/h3-14H,1-2H3,(H2,25,29)(H2,26,30)(H2,27,31)(H2,28,32);1H. The van der Waals surface area contributed by atoms with Gasteiger partial charge in [0, 0.05) is 36.3 Å². The Bertz CT molecular complexity index is 1190. The Hall–Kier alpha value is -4.17. The van der Waals surface area contributed by atoms with E-state index in [-0.39, 0.29) is 12.4 Å². The van der Waals surface area contributed by atoms with Crippen molar-refractivity contribution in [3.63, 3.8) is 0 Å². The number of hydrogen-bond donors (Lipinski definition) is 4. The molecule has 3 aromatic carbocycles. The van der Waals surface area contributed by atoms with E-state index in [1.54, 1.807) is 14.1 Å². The zero-order valence-electron chi connectivity index (χ0n) is 18.4. The molecule has 0 saturated heterocycles. The molecule has 0 fully saturated rings. The number of amidine groups is 4. The lowest BCUT2D eigenvalue weighted by Gasteiger charge is -2.05. The minimum Gasteiger partial charge on any atom is -0.384 e. The molecule has 170 valence electrons. The number of benzene rings is 3. The fourth-order valence-electron chi connectivity index (χ4n) is 2.89. The van der Waals surface area contributed by atoms with Crippen LogP contribution in [0, 0.1) is 0 Å². The second-order valence-electron chi connectivity index (χ2n) is 6.88. The third-order valence-electron chi connectivity index (χ3n) is 4.78. The Morgan fingerprint density at radius 2 is 0.697 bits per heavy atom. The molecule has 3 rings (SSSR count). The molecule has 9 heteroatoms. The van der Waals surface area contributed by atoms with Crippen LogP contribution >= 0.6 is 12.4 Å². The summed E-state index contributed by atoms with van der Waals surface area (Å²) in [4.78, 5) is 16.9. The molecule has 0 atom stereocenters. The van der Waals surface area contributed by atoms with Gasteiger partial charge in [-0.15, -0.1) is 12.4 Å². The van der Waals surface area contributed by atoms with Gasteiger partial charge in [-0.2, -0.15) is 0 Å². The van der Waals surface area contributed by atoms with E-state index in [0.717, 1.165) is 27.9 Å². The van der Waals surface area contributed by atoms with Crippen LogP contribution in [0.25, 0.3) is 0 Å². The highest BCUT2D eigenvalue weighted by Crippen LogP contribution is 2.17. The van der Waals surface area contributed by atoms with Gasteiger partial charge in [0.15, 0.2) is 0 Å². The van der Waals surface area contributed by atoms with Gasteiger partial charge in [-0.05, 0) is 48.5 Å². The predicted octanol–water partition coefficient (Wildman–Crippen LogP) is 2.85. The summed E-state index contributed by atoms with van der Waals surface area (Å²) in [6.07, 6.45) is 0. The lowest BCUT2D eigenvalue weighted by Crippen LogP contribution is -2.15. The summed E-state index contributed by atoms with van der Waals surface area (Å²) in [5.74, 6) is 1.73. The first kappa shape index (κ1) is 25.1. The van der Waals surface area contributed by atoms with Crippen molar-refractivity contribution in [1.82, 2.24) is 0 Å². The molecule has 0 aliphatic heterocycles. The first-order valence-corrected chi connectivity index (χ1v) is 9.85. The lowest BCUT2D eigenvalue weighted by atomic mass is 10.1. The van der Waals surface area contributed by atoms with Crippen molar-refractivity contribution >= 4 is 47.1 Å². The van der Waals surface area contributed by atoms with Gasteiger partial charge in [0.1, 0.15) is 23.3 Å². The maximum absolute atomic E-state index is 6.16. The normalized spacial score (nSPS) is 12.9. The maximum atomic E-state index is 6.16. The summed E-state index contributed by atoms with van der Waals surface area (Å²) in [7, 11) is 3.30. The zero-order chi connectivity index (χ0) is 23.1. The minimum atomic E-state index is 0. The van der Waals surface area contributed by atoms with Gasteiger partial charge >= 0.3 is 0 Å². The van der Waals surface area contributed by atoms with Crippen LogP contribution in [0.5, 0.6) is 0 Å². The van der Waals surface area contributed by atoms with Crippen LogP contribution < -0.4 is 22.9 Å². The van der Waals surface area contributed by atoms with Gasteiger partial charge in [0.2, 0.25) is 0 Å². The van der Waals surface area contributed by atoms with Crippen molar-refractivity contribution < 1.29 is 0 Å². The Labute approximate surface area is 199 Å². The van der Waals surface area contributed by atoms with Gasteiger partial charge in [-0.3, -0.25) is 9.98 Å². The highest BCUT2D eigenvalue weighted by molar-refractivity contribution is 6.02. The van der Waals surface area contributed by atoms with Crippen molar-refractivity contribution in [1.29, 1.82) is 0 Å². The van der Waals surface area contributed by atoms with Gasteiger partial charge in [0.25, 0.3) is 0 Å². The second-order valence-corrected chi connectivity index (χ2v) is 6.88. The molecule has 8 nitrogen and oxygen atoms in total. The Morgan fingerprint density at radius 3 is 0.970 bits per heavy atom. The van der Waals surface area contributed by atoms with Crippen LogP contribution in [0.2, 0.25) is 0 Å². The molecule has 0 radical (unpaired) electrons. The summed E-state index contributed by atoms with van der Waals surface area (Å²) >= 11 is 0. The second kappa shape index (κ2) is 11.4. The quantitative estimate of drug-likeness (QED) is 0.328. The predicted molar refractivity (Wildman–Crippen MR) is 141 cm³/mol. The van der Waals surface area contributed by atoms with Crippen LogP contribution in [-0.4, -0.2) is 37.4 Å². The number of hydrogen-bond acceptors (Lipinski definition) is 4. The fourth-order valence-corrected chi connectivity index (χ4v) is 2.89. The molecule has 3 aromatic rings. The maximum Gasteiger partial charge on any atom is 0.131 e. The first-order valence-electron chi connectivity index (χ1n) is 9.85. The highest BCUT2D eigenvalue weighted by atomic mass is 35.5. The molecule has 0 saturated carbocycles. The zero-order valence-corrected chi connectivity index (χ0v) is 19.3. The van der Waals surface area contributed by atoms with Crippen LogP contribution in [0.4, 0.5) is 11.4 Å². The molecule has 0 bridgehead atoms. The minimum absolute atomic E-state index is 0. The molecule has 33 heavy (non-hydrogen) atoms. The van der Waals surface area contributed by atoms with E-state index in [2.05, 4.69) is 20.0 Å². The molecule has 0 aliphatic rings. The Balaban J connectivity index is 0.00000385. The van der Waals surface area contributed by atoms with Gasteiger partial charge in [-0.1, -0.05) is 24.3 Å². The summed E-state index contributed by atoms with van der Waals surface area (Å²) in [5.41, 5.74) is 28.6. The SMILES string of the molecule is CN=C(N)c1ccc(N=C(N)c2ccc(N=C(N)c3ccc(C(N)=NC)cc3)cc2)cc1.Cl. The van der Waals surface area contributed by atoms with Crippen molar-refractivity contribution in [2.24, 2.45) is 42.9 Å². The number of halogens is 1. The van der Waals surface area contributed by atoms with E-state index < -0.39 is 0 Å². The van der Waals surface area contributed by atoms with Crippen molar-refractivity contribution in [2.75, 3.05) is 14.1 Å². The van der Waals surface area contributed by atoms with E-state index in [9.17, 15) is 0 Å². The molecular formula is C24H27ClN8.